The maximum atomic E-state index is 12.5. The van der Waals surface area contributed by atoms with Gasteiger partial charge in [-0.25, -0.2) is 5.10 Å². The summed E-state index contributed by atoms with van der Waals surface area (Å²) < 4.78 is 37.5. The second kappa shape index (κ2) is 6.51. The van der Waals surface area contributed by atoms with Crippen LogP contribution in [0.2, 0.25) is 0 Å². The Morgan fingerprint density at radius 2 is 1.80 bits per heavy atom. The molecule has 1 aromatic carbocycles. The van der Waals surface area contributed by atoms with E-state index in [1.165, 1.54) is 12.1 Å². The molecule has 4 N–H and O–H groups in total. The molecule has 0 spiro atoms. The lowest BCUT2D eigenvalue weighted by atomic mass is 10.0. The van der Waals surface area contributed by atoms with Crippen molar-refractivity contribution in [1.29, 1.82) is 0 Å². The molecule has 0 bridgehead atoms. The molecule has 1 aromatic heterocycles. The first-order valence-corrected chi connectivity index (χ1v) is 6.88. The topological polar surface area (TPSA) is 124 Å². The van der Waals surface area contributed by atoms with Crippen molar-refractivity contribution in [2.45, 2.75) is 25.1 Å². The van der Waals surface area contributed by atoms with Crippen LogP contribution in [0.15, 0.2) is 29.1 Å². The standard InChI is InChI=1S/C14H13F3N4O4/c1-13(25,14(15,16)17)6-9(22)18-21-12(24)10-7-4-2-3-5-8(7)11(23)20-19-10/h2-5,25H,6H2,1H3,(H,18,22)(H,20,23)(H,21,24)/t13-/m1/s1. The number of H-pyrrole nitrogens is 1. The molecule has 25 heavy (non-hydrogen) atoms. The second-order valence-corrected chi connectivity index (χ2v) is 5.40. The van der Waals surface area contributed by atoms with E-state index in [0.717, 1.165) is 0 Å². The number of halogens is 3. The van der Waals surface area contributed by atoms with E-state index in [1.54, 1.807) is 17.6 Å². The van der Waals surface area contributed by atoms with Crippen molar-refractivity contribution in [3.63, 3.8) is 0 Å². The van der Waals surface area contributed by atoms with Crippen LogP contribution in [-0.4, -0.2) is 38.9 Å². The fourth-order valence-corrected chi connectivity index (χ4v) is 1.93. The van der Waals surface area contributed by atoms with Gasteiger partial charge in [0.1, 0.15) is 0 Å². The van der Waals surface area contributed by atoms with E-state index >= 15 is 0 Å². The number of alkyl halides is 3. The van der Waals surface area contributed by atoms with Gasteiger partial charge in [-0.3, -0.25) is 25.2 Å². The molecule has 0 radical (unpaired) electrons. The van der Waals surface area contributed by atoms with Gasteiger partial charge in [0, 0.05) is 5.39 Å². The highest BCUT2D eigenvalue weighted by atomic mass is 19.4. The van der Waals surface area contributed by atoms with Gasteiger partial charge in [-0.2, -0.15) is 18.3 Å². The number of hydrazine groups is 1. The van der Waals surface area contributed by atoms with E-state index in [9.17, 15) is 32.7 Å². The normalized spacial score (nSPS) is 14.0. The minimum atomic E-state index is -5.01. The van der Waals surface area contributed by atoms with E-state index < -0.39 is 35.6 Å². The van der Waals surface area contributed by atoms with Crippen LogP contribution in [0.5, 0.6) is 0 Å². The minimum Gasteiger partial charge on any atom is -0.380 e. The number of benzene rings is 1. The molecule has 2 amide bonds. The Balaban J connectivity index is 2.10. The summed E-state index contributed by atoms with van der Waals surface area (Å²) in [5, 5.41) is 15.3. The van der Waals surface area contributed by atoms with Crippen LogP contribution < -0.4 is 16.4 Å². The van der Waals surface area contributed by atoms with Crippen LogP contribution in [-0.2, 0) is 4.79 Å². The van der Waals surface area contributed by atoms with Gasteiger partial charge in [0.25, 0.3) is 11.5 Å². The molecule has 0 saturated carbocycles. The first kappa shape index (κ1) is 18.4. The first-order chi connectivity index (χ1) is 11.5. The summed E-state index contributed by atoms with van der Waals surface area (Å²) in [4.78, 5) is 35.2. The molecule has 0 fully saturated rings. The molecule has 134 valence electrons. The maximum absolute atomic E-state index is 12.5. The second-order valence-electron chi connectivity index (χ2n) is 5.40. The quantitative estimate of drug-likeness (QED) is 0.591. The van der Waals surface area contributed by atoms with Crippen molar-refractivity contribution in [1.82, 2.24) is 21.0 Å². The summed E-state index contributed by atoms with van der Waals surface area (Å²) in [6.07, 6.45) is -6.32. The summed E-state index contributed by atoms with van der Waals surface area (Å²) in [6.45, 7) is 0.436. The Kier molecular flexibility index (Phi) is 4.79. The molecule has 2 rings (SSSR count). The van der Waals surface area contributed by atoms with Crippen molar-refractivity contribution in [3.8, 4) is 0 Å². The molecular formula is C14H13F3N4O4. The predicted molar refractivity (Wildman–Crippen MR) is 79.3 cm³/mol. The number of fused-ring (bicyclic) bond motifs is 1. The van der Waals surface area contributed by atoms with Gasteiger partial charge in [-0.15, -0.1) is 0 Å². The Labute approximate surface area is 138 Å². The number of aromatic nitrogens is 2. The summed E-state index contributed by atoms with van der Waals surface area (Å²) >= 11 is 0. The molecule has 8 nitrogen and oxygen atoms in total. The molecule has 1 heterocycles. The number of amides is 2. The molecule has 11 heteroatoms. The number of hydrogen-bond acceptors (Lipinski definition) is 5. The SMILES string of the molecule is C[C@@](O)(CC(=O)NNC(=O)c1n[nH]c(=O)c2ccccc12)C(F)(F)F. The number of hydrogen-bond donors (Lipinski definition) is 4. The van der Waals surface area contributed by atoms with Gasteiger partial charge in [-0.1, -0.05) is 18.2 Å². The van der Waals surface area contributed by atoms with Crippen LogP contribution in [0, 0.1) is 0 Å². The average molecular weight is 358 g/mol. The van der Waals surface area contributed by atoms with E-state index in [4.69, 9.17) is 0 Å². The number of carbonyl (C=O) groups is 2. The first-order valence-electron chi connectivity index (χ1n) is 6.88. The van der Waals surface area contributed by atoms with E-state index in [-0.39, 0.29) is 16.5 Å². The Hall–Kier alpha value is -2.95. The van der Waals surface area contributed by atoms with E-state index in [2.05, 4.69) is 10.2 Å². The zero-order valence-corrected chi connectivity index (χ0v) is 12.8. The third kappa shape index (κ3) is 3.94. The van der Waals surface area contributed by atoms with Crippen LogP contribution >= 0.6 is 0 Å². The molecule has 0 aliphatic heterocycles. The summed E-state index contributed by atoms with van der Waals surface area (Å²) in [7, 11) is 0. The van der Waals surface area contributed by atoms with Crippen LogP contribution in [0.25, 0.3) is 10.8 Å². The van der Waals surface area contributed by atoms with Gasteiger partial charge in [0.15, 0.2) is 11.3 Å². The highest BCUT2D eigenvalue weighted by Crippen LogP contribution is 2.32. The highest BCUT2D eigenvalue weighted by molar-refractivity contribution is 6.05. The largest absolute Gasteiger partial charge is 0.417 e. The molecule has 1 atom stereocenters. The number of rotatable bonds is 3. The average Bonchev–Trinajstić information content (AvgIpc) is 2.52. The fraction of sp³-hybridized carbons (Fsp3) is 0.286. The monoisotopic (exact) mass is 358 g/mol. The van der Waals surface area contributed by atoms with Gasteiger partial charge >= 0.3 is 6.18 Å². The number of nitrogens with one attached hydrogen (secondary N) is 3. The number of aromatic amines is 1. The van der Waals surface area contributed by atoms with Crippen molar-refractivity contribution in [2.24, 2.45) is 0 Å². The van der Waals surface area contributed by atoms with Crippen molar-refractivity contribution in [2.75, 3.05) is 0 Å². The van der Waals surface area contributed by atoms with E-state index in [0.29, 0.717) is 6.92 Å². The predicted octanol–water partition coefficient (Wildman–Crippen LogP) is 0.388. The van der Waals surface area contributed by atoms with Crippen LogP contribution in [0.4, 0.5) is 13.2 Å². The van der Waals surface area contributed by atoms with Gasteiger partial charge in [-0.05, 0) is 13.0 Å². The Morgan fingerprint density at radius 3 is 2.40 bits per heavy atom. The van der Waals surface area contributed by atoms with Crippen LogP contribution in [0.3, 0.4) is 0 Å². The smallest absolute Gasteiger partial charge is 0.380 e. The van der Waals surface area contributed by atoms with Crippen molar-refractivity contribution < 1.29 is 27.9 Å². The van der Waals surface area contributed by atoms with Gasteiger partial charge in [0.05, 0.1) is 11.8 Å². The Bertz CT molecular complexity index is 876. The lowest BCUT2D eigenvalue weighted by Gasteiger charge is -2.25. The summed E-state index contributed by atoms with van der Waals surface area (Å²) in [6, 6.07) is 6.02. The van der Waals surface area contributed by atoms with Crippen molar-refractivity contribution >= 4 is 22.6 Å². The molecule has 0 aliphatic carbocycles. The molecule has 2 aromatic rings. The zero-order valence-electron chi connectivity index (χ0n) is 12.8. The number of carbonyl (C=O) groups excluding carboxylic acids is 2. The minimum absolute atomic E-state index is 0.175. The molecule has 0 saturated heterocycles. The third-order valence-electron chi connectivity index (χ3n) is 3.34. The molecule has 0 unspecified atom stereocenters. The molecular weight excluding hydrogens is 345 g/mol. The lowest BCUT2D eigenvalue weighted by molar-refractivity contribution is -0.253. The van der Waals surface area contributed by atoms with Gasteiger partial charge < -0.3 is 5.11 Å². The number of aliphatic hydroxyl groups is 1. The molecule has 0 aliphatic rings. The van der Waals surface area contributed by atoms with Crippen molar-refractivity contribution in [3.05, 3.63) is 40.3 Å². The van der Waals surface area contributed by atoms with Crippen LogP contribution in [0.1, 0.15) is 23.8 Å². The lowest BCUT2D eigenvalue weighted by Crippen LogP contribution is -2.49. The maximum Gasteiger partial charge on any atom is 0.417 e. The number of nitrogens with zero attached hydrogens (tertiary/aromatic N) is 1. The zero-order chi connectivity index (χ0) is 18.8. The fourth-order valence-electron chi connectivity index (χ4n) is 1.93. The van der Waals surface area contributed by atoms with Gasteiger partial charge in [0.2, 0.25) is 5.91 Å². The summed E-state index contributed by atoms with van der Waals surface area (Å²) in [5.74, 6) is -2.21. The summed E-state index contributed by atoms with van der Waals surface area (Å²) in [5.41, 5.74) is -0.373. The highest BCUT2D eigenvalue weighted by Gasteiger charge is 2.51. The Morgan fingerprint density at radius 1 is 1.20 bits per heavy atom. The third-order valence-corrected chi connectivity index (χ3v) is 3.34. The van der Waals surface area contributed by atoms with E-state index in [1.807, 2.05) is 5.43 Å².